The van der Waals surface area contributed by atoms with Crippen LogP contribution in [0.15, 0.2) is 58.0 Å². The summed E-state index contributed by atoms with van der Waals surface area (Å²) >= 11 is 1.53. The third-order valence-corrected chi connectivity index (χ3v) is 7.42. The Morgan fingerprint density at radius 3 is 2.71 bits per heavy atom. The number of thioether (sulfide) groups is 1. The summed E-state index contributed by atoms with van der Waals surface area (Å²) in [5.41, 5.74) is 2.28. The number of aromatic nitrogens is 1. The fourth-order valence-corrected chi connectivity index (χ4v) is 5.45. The van der Waals surface area contributed by atoms with E-state index >= 15 is 0 Å². The third-order valence-electron chi connectivity index (χ3n) is 6.38. The Hall–Kier alpha value is -3.50. The Balaban J connectivity index is 1.06. The van der Waals surface area contributed by atoms with Gasteiger partial charge in [0.05, 0.1) is 11.4 Å². The van der Waals surface area contributed by atoms with Gasteiger partial charge in [-0.05, 0) is 29.8 Å². The van der Waals surface area contributed by atoms with Crippen molar-refractivity contribution in [1.29, 1.82) is 0 Å². The molecule has 3 aliphatic heterocycles. The Bertz CT molecular complexity index is 1270. The monoisotopic (exact) mass is 492 g/mol. The lowest BCUT2D eigenvalue weighted by atomic mass is 10.1. The van der Waals surface area contributed by atoms with Gasteiger partial charge in [0.2, 0.25) is 18.6 Å². The minimum Gasteiger partial charge on any atom is -0.454 e. The van der Waals surface area contributed by atoms with E-state index in [1.807, 2.05) is 42.5 Å². The summed E-state index contributed by atoms with van der Waals surface area (Å²) in [7, 11) is 0. The van der Waals surface area contributed by atoms with Crippen molar-refractivity contribution in [3.05, 3.63) is 65.9 Å². The van der Waals surface area contributed by atoms with E-state index in [0.29, 0.717) is 24.7 Å². The smallest absolute Gasteiger partial charge is 0.275 e. The Labute approximate surface area is 206 Å². The second-order valence-electron chi connectivity index (χ2n) is 8.62. The van der Waals surface area contributed by atoms with Crippen LogP contribution in [0.5, 0.6) is 11.5 Å². The van der Waals surface area contributed by atoms with Crippen LogP contribution in [0, 0.1) is 0 Å². The summed E-state index contributed by atoms with van der Waals surface area (Å²) in [6.07, 6.45) is 1.39. The minimum atomic E-state index is -0.149. The molecule has 2 aromatic carbocycles. The molecule has 0 atom stereocenters. The fourth-order valence-electron chi connectivity index (χ4n) is 4.51. The molecule has 0 N–H and O–H groups in total. The summed E-state index contributed by atoms with van der Waals surface area (Å²) in [4.78, 5) is 36.8. The molecule has 0 spiro atoms. The van der Waals surface area contributed by atoms with Gasteiger partial charge in [0.1, 0.15) is 12.8 Å². The highest BCUT2D eigenvalue weighted by molar-refractivity contribution is 8.00. The molecule has 10 heteroatoms. The van der Waals surface area contributed by atoms with Crippen molar-refractivity contribution in [2.24, 2.45) is 0 Å². The standard InChI is InChI=1S/C25H24N4O5S/c30-24-15-35-22-4-2-1-3-19(22)29(24)13-23-26-18(14-32-23)25(31)28-9-7-27(8-10-28)12-17-5-6-20-21(11-17)34-16-33-20/h1-6,11,14H,7-10,12-13,15-16H2. The van der Waals surface area contributed by atoms with Gasteiger partial charge in [-0.25, -0.2) is 4.98 Å². The molecule has 3 aliphatic rings. The average Bonchev–Trinajstić information content (AvgIpc) is 3.55. The highest BCUT2D eigenvalue weighted by Crippen LogP contribution is 2.36. The number of fused-ring (bicyclic) bond motifs is 2. The molecular weight excluding hydrogens is 468 g/mol. The number of rotatable bonds is 5. The van der Waals surface area contributed by atoms with Crippen LogP contribution in [0.25, 0.3) is 0 Å². The molecule has 1 saturated heterocycles. The number of ether oxygens (including phenoxy) is 2. The summed E-state index contributed by atoms with van der Waals surface area (Å²) in [5, 5.41) is 0. The number of benzene rings is 2. The van der Waals surface area contributed by atoms with Crippen molar-refractivity contribution in [2.75, 3.05) is 43.6 Å². The molecule has 6 rings (SSSR count). The summed E-state index contributed by atoms with van der Waals surface area (Å²) < 4.78 is 16.4. The van der Waals surface area contributed by atoms with Gasteiger partial charge in [-0.1, -0.05) is 18.2 Å². The number of carbonyl (C=O) groups is 2. The van der Waals surface area contributed by atoms with Crippen molar-refractivity contribution >= 4 is 29.3 Å². The molecule has 180 valence electrons. The minimum absolute atomic E-state index is 0.00152. The maximum absolute atomic E-state index is 13.0. The molecular formula is C25H24N4O5S. The van der Waals surface area contributed by atoms with E-state index in [1.165, 1.54) is 18.0 Å². The predicted octanol–water partition coefficient (Wildman–Crippen LogP) is 3.00. The first-order valence-corrected chi connectivity index (χ1v) is 12.5. The number of oxazole rings is 1. The van der Waals surface area contributed by atoms with Gasteiger partial charge in [0.25, 0.3) is 5.91 Å². The average molecular weight is 493 g/mol. The first kappa shape index (κ1) is 22.0. The zero-order valence-electron chi connectivity index (χ0n) is 19.0. The number of hydrogen-bond acceptors (Lipinski definition) is 8. The van der Waals surface area contributed by atoms with E-state index in [4.69, 9.17) is 13.9 Å². The zero-order valence-corrected chi connectivity index (χ0v) is 19.8. The SMILES string of the molecule is O=C(c1coc(CN2C(=O)CSc3ccccc32)n1)N1CCN(Cc2ccc3c(c2)OCO3)CC1. The highest BCUT2D eigenvalue weighted by Gasteiger charge is 2.28. The van der Waals surface area contributed by atoms with Crippen LogP contribution in [-0.4, -0.2) is 65.3 Å². The van der Waals surface area contributed by atoms with E-state index in [2.05, 4.69) is 9.88 Å². The number of piperazine rings is 1. The van der Waals surface area contributed by atoms with E-state index in [0.717, 1.165) is 47.3 Å². The normalized spacial score (nSPS) is 17.5. The van der Waals surface area contributed by atoms with Crippen LogP contribution in [0.1, 0.15) is 21.9 Å². The van der Waals surface area contributed by atoms with Gasteiger partial charge in [-0.3, -0.25) is 14.5 Å². The number of nitrogens with zero attached hydrogens (tertiary/aromatic N) is 4. The molecule has 2 amide bonds. The molecule has 9 nitrogen and oxygen atoms in total. The van der Waals surface area contributed by atoms with Gasteiger partial charge in [-0.15, -0.1) is 11.8 Å². The van der Waals surface area contributed by atoms with E-state index in [1.54, 1.807) is 9.80 Å². The van der Waals surface area contributed by atoms with E-state index in [9.17, 15) is 9.59 Å². The number of carbonyl (C=O) groups excluding carboxylic acids is 2. The predicted molar refractivity (Wildman–Crippen MR) is 129 cm³/mol. The van der Waals surface area contributed by atoms with Gasteiger partial charge in [0.15, 0.2) is 17.2 Å². The van der Waals surface area contributed by atoms with Gasteiger partial charge in [-0.2, -0.15) is 0 Å². The molecule has 0 saturated carbocycles. The lowest BCUT2D eigenvalue weighted by Gasteiger charge is -2.34. The van der Waals surface area contributed by atoms with Gasteiger partial charge < -0.3 is 23.7 Å². The van der Waals surface area contributed by atoms with Crippen LogP contribution in [-0.2, 0) is 17.9 Å². The van der Waals surface area contributed by atoms with Gasteiger partial charge >= 0.3 is 0 Å². The van der Waals surface area contributed by atoms with Gasteiger partial charge in [0, 0.05) is 37.6 Å². The Morgan fingerprint density at radius 2 is 1.83 bits per heavy atom. The Kier molecular flexibility index (Phi) is 5.83. The van der Waals surface area contributed by atoms with Crippen molar-refractivity contribution in [1.82, 2.24) is 14.8 Å². The zero-order chi connectivity index (χ0) is 23.8. The number of amides is 2. The van der Waals surface area contributed by atoms with Crippen LogP contribution < -0.4 is 14.4 Å². The third kappa shape index (κ3) is 4.46. The largest absolute Gasteiger partial charge is 0.454 e. The molecule has 0 radical (unpaired) electrons. The van der Waals surface area contributed by atoms with Crippen molar-refractivity contribution in [3.63, 3.8) is 0 Å². The topological polar surface area (TPSA) is 88.4 Å². The molecule has 4 heterocycles. The maximum atomic E-state index is 13.0. The number of anilines is 1. The number of hydrogen-bond donors (Lipinski definition) is 0. The second-order valence-corrected chi connectivity index (χ2v) is 9.64. The Morgan fingerprint density at radius 1 is 1.00 bits per heavy atom. The van der Waals surface area contributed by atoms with Crippen LogP contribution in [0.3, 0.4) is 0 Å². The maximum Gasteiger partial charge on any atom is 0.275 e. The molecule has 35 heavy (non-hydrogen) atoms. The van der Waals surface area contributed by atoms with Crippen LogP contribution >= 0.6 is 11.8 Å². The first-order valence-electron chi connectivity index (χ1n) is 11.5. The molecule has 0 bridgehead atoms. The number of para-hydroxylation sites is 1. The highest BCUT2D eigenvalue weighted by atomic mass is 32.2. The van der Waals surface area contributed by atoms with Crippen LogP contribution in [0.2, 0.25) is 0 Å². The lowest BCUT2D eigenvalue weighted by molar-refractivity contribution is -0.116. The molecule has 1 fully saturated rings. The van der Waals surface area contributed by atoms with Crippen LogP contribution in [0.4, 0.5) is 5.69 Å². The summed E-state index contributed by atoms with van der Waals surface area (Å²) in [5.74, 6) is 2.14. The van der Waals surface area contributed by atoms with E-state index < -0.39 is 0 Å². The molecule has 3 aromatic rings. The summed E-state index contributed by atoms with van der Waals surface area (Å²) in [6, 6.07) is 13.8. The fraction of sp³-hybridized carbons (Fsp3) is 0.320. The summed E-state index contributed by atoms with van der Waals surface area (Å²) in [6.45, 7) is 4.01. The lowest BCUT2D eigenvalue weighted by Crippen LogP contribution is -2.48. The molecule has 0 aliphatic carbocycles. The first-order chi connectivity index (χ1) is 17.1. The molecule has 0 unspecified atom stereocenters. The van der Waals surface area contributed by atoms with Crippen molar-refractivity contribution in [2.45, 2.75) is 18.0 Å². The quantitative estimate of drug-likeness (QED) is 0.537. The second kappa shape index (κ2) is 9.27. The van der Waals surface area contributed by atoms with Crippen molar-refractivity contribution in [3.8, 4) is 11.5 Å². The molecule has 1 aromatic heterocycles. The van der Waals surface area contributed by atoms with E-state index in [-0.39, 0.29) is 30.8 Å². The van der Waals surface area contributed by atoms with Crippen molar-refractivity contribution < 1.29 is 23.5 Å².